The molecule has 0 saturated carbocycles. The Morgan fingerprint density at radius 2 is 2.25 bits per heavy atom. The number of hydrogen-bond acceptors (Lipinski definition) is 2. The zero-order chi connectivity index (χ0) is 9.56. The van der Waals surface area contributed by atoms with Crippen LogP contribution in [0, 0.1) is 0 Å². The van der Waals surface area contributed by atoms with Gasteiger partial charge in [-0.2, -0.15) is 0 Å². The van der Waals surface area contributed by atoms with Gasteiger partial charge in [-0.3, -0.25) is 0 Å². The van der Waals surface area contributed by atoms with Gasteiger partial charge in [-0.05, 0) is 6.92 Å². The van der Waals surface area contributed by atoms with Gasteiger partial charge >= 0.3 is 16.2 Å². The van der Waals surface area contributed by atoms with Gasteiger partial charge in [0.2, 0.25) is 0 Å². The molecule has 0 aliphatic rings. The molecule has 0 aromatic heterocycles. The Hall–Kier alpha value is 0.910. The molecule has 0 fully saturated rings. The van der Waals surface area contributed by atoms with Gasteiger partial charge in [0.05, 0.1) is 0 Å². The smallest absolute Gasteiger partial charge is 0.521 e. The number of rotatable bonds is 6. The van der Waals surface area contributed by atoms with Crippen LogP contribution in [0.25, 0.3) is 0 Å². The standard InChI is InChI=1S/C6H11Cl2O2S2/c1-5(8)6(11-9)12(10)4-2-3-7/h5-6H,2-4H2,1H3/q+1. The highest BCUT2D eigenvalue weighted by Gasteiger charge is 2.39. The Morgan fingerprint density at radius 1 is 1.67 bits per heavy atom. The maximum atomic E-state index is 11.3. The molecule has 0 saturated heterocycles. The molecule has 0 bridgehead atoms. The van der Waals surface area contributed by atoms with Crippen LogP contribution in [0.1, 0.15) is 13.3 Å². The minimum atomic E-state index is -1.15. The fourth-order valence-electron chi connectivity index (χ4n) is 0.642. The van der Waals surface area contributed by atoms with Gasteiger partial charge in [-0.25, -0.2) is 0 Å². The molecule has 0 amide bonds. The first-order valence-electron chi connectivity index (χ1n) is 3.49. The van der Waals surface area contributed by atoms with Crippen molar-refractivity contribution in [2.45, 2.75) is 23.3 Å². The van der Waals surface area contributed by atoms with Gasteiger partial charge in [-0.1, -0.05) is 0 Å². The third-order valence-electron chi connectivity index (χ3n) is 1.21. The van der Waals surface area contributed by atoms with E-state index in [0.29, 0.717) is 29.7 Å². The molecule has 2 nitrogen and oxygen atoms in total. The monoisotopic (exact) mass is 249 g/mol. The van der Waals surface area contributed by atoms with Gasteiger partial charge in [0.1, 0.15) is 11.1 Å². The van der Waals surface area contributed by atoms with Crippen LogP contribution in [0.2, 0.25) is 0 Å². The van der Waals surface area contributed by atoms with Crippen LogP contribution < -0.4 is 0 Å². The first-order valence-corrected chi connectivity index (χ1v) is 6.65. The predicted molar refractivity (Wildman–Crippen MR) is 55.5 cm³/mol. The van der Waals surface area contributed by atoms with Crippen molar-refractivity contribution in [3.05, 3.63) is 0 Å². The van der Waals surface area contributed by atoms with Crippen molar-refractivity contribution in [1.29, 1.82) is 0 Å². The van der Waals surface area contributed by atoms with E-state index in [1.54, 1.807) is 6.92 Å². The second kappa shape index (κ2) is 7.33. The van der Waals surface area contributed by atoms with Gasteiger partial charge in [0.25, 0.3) is 0 Å². The maximum absolute atomic E-state index is 11.3. The third kappa shape index (κ3) is 4.82. The molecular weight excluding hydrogens is 239 g/mol. The van der Waals surface area contributed by atoms with Crippen LogP contribution in [0.4, 0.5) is 0 Å². The van der Waals surface area contributed by atoms with Gasteiger partial charge in [0, 0.05) is 27.7 Å². The summed E-state index contributed by atoms with van der Waals surface area (Å²) in [5.74, 6) is 0.930. The highest BCUT2D eigenvalue weighted by Crippen LogP contribution is 2.13. The summed E-state index contributed by atoms with van der Waals surface area (Å²) < 4.78 is 21.3. The molecular formula is C6H11Cl2O2S2+. The van der Waals surface area contributed by atoms with Crippen LogP contribution in [0.5, 0.6) is 0 Å². The SMILES string of the molecule is CC(Cl)C([S+]=O)[S+]([O-])CCCCl. The second-order valence-corrected chi connectivity index (χ2v) is 6.01. The normalized spacial score (nSPS) is 18.3. The number of hydrogen-bond donors (Lipinski definition) is 0. The molecule has 3 atom stereocenters. The average Bonchev–Trinajstić information content (AvgIpc) is 2.01. The summed E-state index contributed by atoms with van der Waals surface area (Å²) in [5, 5.41) is -0.358. The van der Waals surface area contributed by atoms with E-state index in [0.717, 1.165) is 0 Å². The van der Waals surface area contributed by atoms with Gasteiger partial charge in [0.15, 0.2) is 0 Å². The van der Waals surface area contributed by atoms with Crippen molar-refractivity contribution in [2.75, 3.05) is 11.6 Å². The molecule has 0 heterocycles. The second-order valence-electron chi connectivity index (χ2n) is 2.27. The summed E-state index contributed by atoms with van der Waals surface area (Å²) in [6.07, 6.45) is 0.662. The maximum Gasteiger partial charge on any atom is 0.521 e. The summed E-state index contributed by atoms with van der Waals surface area (Å²) in [4.78, 5) is 0. The predicted octanol–water partition coefficient (Wildman–Crippen LogP) is 1.75. The van der Waals surface area contributed by atoms with E-state index in [4.69, 9.17) is 23.2 Å². The third-order valence-corrected chi connectivity index (χ3v) is 5.12. The Morgan fingerprint density at radius 3 is 2.58 bits per heavy atom. The number of alkyl halides is 2. The van der Waals surface area contributed by atoms with E-state index in [1.807, 2.05) is 0 Å². The summed E-state index contributed by atoms with van der Waals surface area (Å²) in [6, 6.07) is 0. The van der Waals surface area contributed by atoms with Crippen LogP contribution in [0.3, 0.4) is 0 Å². The first-order chi connectivity index (χ1) is 5.63. The van der Waals surface area contributed by atoms with Crippen molar-refractivity contribution in [3.8, 4) is 0 Å². The van der Waals surface area contributed by atoms with Crippen molar-refractivity contribution in [3.63, 3.8) is 0 Å². The Labute approximate surface area is 89.7 Å². The van der Waals surface area contributed by atoms with E-state index < -0.39 is 15.8 Å². The fraction of sp³-hybridized carbons (Fsp3) is 1.00. The minimum Gasteiger partial charge on any atom is -0.612 e. The molecule has 0 aliphatic carbocycles. The molecule has 6 heteroatoms. The van der Waals surface area contributed by atoms with Crippen LogP contribution in [0.15, 0.2) is 0 Å². The van der Waals surface area contributed by atoms with E-state index in [9.17, 15) is 8.76 Å². The molecule has 0 spiro atoms. The molecule has 0 aliphatic heterocycles. The summed E-state index contributed by atoms with van der Waals surface area (Å²) in [6.45, 7) is 1.68. The Balaban J connectivity index is 3.85. The lowest BCUT2D eigenvalue weighted by Crippen LogP contribution is -2.30. The number of halogens is 2. The van der Waals surface area contributed by atoms with E-state index >= 15 is 0 Å². The molecule has 72 valence electrons. The topological polar surface area (TPSA) is 40.1 Å². The molecule has 0 rings (SSSR count). The van der Waals surface area contributed by atoms with Crippen molar-refractivity contribution < 1.29 is 8.76 Å². The summed E-state index contributed by atoms with van der Waals surface area (Å²) in [7, 11) is 0. The molecule has 0 radical (unpaired) electrons. The van der Waals surface area contributed by atoms with Crippen LogP contribution in [-0.4, -0.2) is 26.1 Å². The summed E-state index contributed by atoms with van der Waals surface area (Å²) >= 11 is 10.2. The molecule has 0 aromatic carbocycles. The Kier molecular flexibility index (Phi) is 7.88. The molecule has 3 unspecified atom stereocenters. The van der Waals surface area contributed by atoms with Gasteiger partial charge < -0.3 is 4.55 Å². The minimum absolute atomic E-state index is 0.311. The van der Waals surface area contributed by atoms with Crippen LogP contribution in [-0.2, 0) is 27.1 Å². The Bertz CT molecular complexity index is 135. The van der Waals surface area contributed by atoms with E-state index in [1.165, 1.54) is 0 Å². The van der Waals surface area contributed by atoms with Crippen molar-refractivity contribution in [2.24, 2.45) is 0 Å². The highest BCUT2D eigenvalue weighted by molar-refractivity contribution is 8.01. The average molecular weight is 250 g/mol. The zero-order valence-electron chi connectivity index (χ0n) is 6.66. The van der Waals surface area contributed by atoms with Crippen LogP contribution >= 0.6 is 23.2 Å². The highest BCUT2D eigenvalue weighted by atomic mass is 35.5. The van der Waals surface area contributed by atoms with Crippen molar-refractivity contribution >= 4 is 46.0 Å². The largest absolute Gasteiger partial charge is 0.612 e. The first kappa shape index (κ1) is 12.9. The fourth-order valence-corrected chi connectivity index (χ4v) is 3.28. The zero-order valence-corrected chi connectivity index (χ0v) is 9.81. The summed E-state index contributed by atoms with van der Waals surface area (Å²) in [5.41, 5.74) is 0. The lowest BCUT2D eigenvalue weighted by Gasteiger charge is -2.10. The van der Waals surface area contributed by atoms with E-state index in [-0.39, 0.29) is 5.38 Å². The lowest BCUT2D eigenvalue weighted by atomic mass is 10.5. The molecule has 0 N–H and O–H groups in total. The van der Waals surface area contributed by atoms with E-state index in [2.05, 4.69) is 0 Å². The van der Waals surface area contributed by atoms with Gasteiger partial charge in [-0.15, -0.1) is 23.2 Å². The molecule has 0 aromatic rings. The quantitative estimate of drug-likeness (QED) is 0.532. The molecule has 12 heavy (non-hydrogen) atoms. The van der Waals surface area contributed by atoms with Crippen molar-refractivity contribution in [1.82, 2.24) is 0 Å². The lowest BCUT2D eigenvalue weighted by molar-refractivity contribution is 0.582.